The number of rotatable bonds is 8. The van der Waals surface area contributed by atoms with Gasteiger partial charge in [0.25, 0.3) is 0 Å². The van der Waals surface area contributed by atoms with Gasteiger partial charge in [0, 0.05) is 18.7 Å². The molecule has 4 nitrogen and oxygen atoms in total. The molecule has 1 aliphatic rings. The summed E-state index contributed by atoms with van der Waals surface area (Å²) in [7, 11) is 0. The number of carbonyl (C=O) groups is 1. The van der Waals surface area contributed by atoms with Crippen molar-refractivity contribution in [1.82, 2.24) is 10.2 Å². The minimum atomic E-state index is -0.801. The molecule has 1 saturated heterocycles. The third-order valence-corrected chi connectivity index (χ3v) is 3.41. The van der Waals surface area contributed by atoms with Crippen LogP contribution >= 0.6 is 0 Å². The Morgan fingerprint density at radius 3 is 2.67 bits per heavy atom. The molecule has 4 heteroatoms. The Morgan fingerprint density at radius 1 is 1.44 bits per heavy atom. The van der Waals surface area contributed by atoms with E-state index in [4.69, 9.17) is 5.11 Å². The summed E-state index contributed by atoms with van der Waals surface area (Å²) in [6.45, 7) is 9.34. The molecule has 0 aromatic rings. The summed E-state index contributed by atoms with van der Waals surface area (Å²) in [6.07, 6.45) is 5.04. The molecule has 2 N–H and O–H groups in total. The summed E-state index contributed by atoms with van der Waals surface area (Å²) in [6, 6.07) is 0. The first kappa shape index (κ1) is 15.2. The van der Waals surface area contributed by atoms with Crippen LogP contribution in [-0.4, -0.2) is 48.7 Å². The highest BCUT2D eigenvalue weighted by Crippen LogP contribution is 2.09. The van der Waals surface area contributed by atoms with Crippen LogP contribution in [0.15, 0.2) is 11.6 Å². The molecular formula is C14H26N2O2. The van der Waals surface area contributed by atoms with Gasteiger partial charge in [0.1, 0.15) is 0 Å². The number of aliphatic carboxylic acids is 1. The number of likely N-dealkylation sites (tertiary alicyclic amines) is 1. The Balaban J connectivity index is 2.14. The summed E-state index contributed by atoms with van der Waals surface area (Å²) >= 11 is 0. The molecule has 1 unspecified atom stereocenters. The number of carboxylic acids is 1. The quantitative estimate of drug-likeness (QED) is 0.511. The van der Waals surface area contributed by atoms with Gasteiger partial charge < -0.3 is 15.3 Å². The van der Waals surface area contributed by atoms with Crippen LogP contribution in [0.25, 0.3) is 0 Å². The zero-order chi connectivity index (χ0) is 13.4. The van der Waals surface area contributed by atoms with Gasteiger partial charge in [-0.1, -0.05) is 19.9 Å². The highest BCUT2D eigenvalue weighted by Gasteiger charge is 2.14. The molecule has 0 saturated carbocycles. The summed E-state index contributed by atoms with van der Waals surface area (Å²) in [4.78, 5) is 13.3. The van der Waals surface area contributed by atoms with Crippen molar-refractivity contribution in [1.29, 1.82) is 0 Å². The average molecular weight is 254 g/mol. The molecule has 1 atom stereocenters. The zero-order valence-electron chi connectivity index (χ0n) is 11.6. The lowest BCUT2D eigenvalue weighted by atomic mass is 10.1. The highest BCUT2D eigenvalue weighted by molar-refractivity contribution is 5.86. The van der Waals surface area contributed by atoms with Crippen LogP contribution < -0.4 is 5.32 Å². The zero-order valence-corrected chi connectivity index (χ0v) is 11.6. The van der Waals surface area contributed by atoms with E-state index >= 15 is 0 Å². The van der Waals surface area contributed by atoms with Crippen LogP contribution in [0.3, 0.4) is 0 Å². The molecular weight excluding hydrogens is 228 g/mol. The molecule has 0 aromatic carbocycles. The lowest BCUT2D eigenvalue weighted by molar-refractivity contribution is -0.132. The second-order valence-corrected chi connectivity index (χ2v) is 5.16. The maximum atomic E-state index is 10.8. The molecule has 1 aliphatic heterocycles. The minimum Gasteiger partial charge on any atom is -0.478 e. The molecule has 0 radical (unpaired) electrons. The van der Waals surface area contributed by atoms with E-state index < -0.39 is 5.97 Å². The van der Waals surface area contributed by atoms with E-state index in [1.807, 2.05) is 6.92 Å². The smallest absolute Gasteiger partial charge is 0.331 e. The number of nitrogens with zero attached hydrogens (tertiary/aromatic N) is 1. The van der Waals surface area contributed by atoms with Crippen molar-refractivity contribution in [2.45, 2.75) is 33.1 Å². The maximum absolute atomic E-state index is 10.8. The summed E-state index contributed by atoms with van der Waals surface area (Å²) in [5.74, 6) is -0.184. The molecule has 1 fully saturated rings. The molecule has 0 amide bonds. The molecule has 0 aliphatic carbocycles. The first-order valence-electron chi connectivity index (χ1n) is 6.98. The lowest BCUT2D eigenvalue weighted by Crippen LogP contribution is -2.31. The first-order valence-corrected chi connectivity index (χ1v) is 6.98. The fourth-order valence-electron chi connectivity index (χ4n) is 2.38. The Hall–Kier alpha value is -0.870. The Bertz CT molecular complexity index is 284. The van der Waals surface area contributed by atoms with Gasteiger partial charge in [0.2, 0.25) is 0 Å². The van der Waals surface area contributed by atoms with E-state index in [2.05, 4.69) is 17.1 Å². The molecule has 18 heavy (non-hydrogen) atoms. The SMILES string of the molecule is CCC(=CCNCC(C)CN1CCCC1)C(=O)O. The Morgan fingerprint density at radius 2 is 2.11 bits per heavy atom. The molecule has 1 heterocycles. The monoisotopic (exact) mass is 254 g/mol. The van der Waals surface area contributed by atoms with Gasteiger partial charge >= 0.3 is 5.97 Å². The number of carboxylic acid groups (broad SMARTS) is 1. The van der Waals surface area contributed by atoms with Gasteiger partial charge in [-0.15, -0.1) is 0 Å². The van der Waals surface area contributed by atoms with Crippen molar-refractivity contribution in [3.05, 3.63) is 11.6 Å². The minimum absolute atomic E-state index is 0.495. The van der Waals surface area contributed by atoms with E-state index in [0.717, 1.165) is 13.1 Å². The van der Waals surface area contributed by atoms with Gasteiger partial charge in [-0.05, 0) is 44.8 Å². The summed E-state index contributed by atoms with van der Waals surface area (Å²) in [5.41, 5.74) is 0.495. The van der Waals surface area contributed by atoms with Crippen LogP contribution in [0.2, 0.25) is 0 Å². The van der Waals surface area contributed by atoms with Gasteiger partial charge in [-0.25, -0.2) is 4.79 Å². The summed E-state index contributed by atoms with van der Waals surface area (Å²) in [5, 5.41) is 12.2. The third-order valence-electron chi connectivity index (χ3n) is 3.41. The van der Waals surface area contributed by atoms with Crippen LogP contribution in [0.1, 0.15) is 33.1 Å². The van der Waals surface area contributed by atoms with E-state index in [1.54, 1.807) is 6.08 Å². The molecule has 1 rings (SSSR count). The first-order chi connectivity index (χ1) is 8.63. The maximum Gasteiger partial charge on any atom is 0.331 e. The number of nitrogens with one attached hydrogen (secondary N) is 1. The fourth-order valence-corrected chi connectivity index (χ4v) is 2.38. The van der Waals surface area contributed by atoms with E-state index in [1.165, 1.54) is 25.9 Å². The highest BCUT2D eigenvalue weighted by atomic mass is 16.4. The second-order valence-electron chi connectivity index (χ2n) is 5.16. The predicted molar refractivity (Wildman–Crippen MR) is 73.7 cm³/mol. The molecule has 104 valence electrons. The van der Waals surface area contributed by atoms with Gasteiger partial charge in [-0.3, -0.25) is 0 Å². The Kier molecular flexibility index (Phi) is 6.98. The van der Waals surface area contributed by atoms with Crippen molar-refractivity contribution >= 4 is 5.97 Å². The van der Waals surface area contributed by atoms with Crippen molar-refractivity contribution in [3.63, 3.8) is 0 Å². The van der Waals surface area contributed by atoms with Crippen molar-refractivity contribution in [2.75, 3.05) is 32.7 Å². The molecule has 0 bridgehead atoms. The standard InChI is InChI=1S/C14H26N2O2/c1-3-13(14(17)18)6-7-15-10-12(2)11-16-8-4-5-9-16/h6,12,15H,3-5,7-11H2,1-2H3,(H,17,18). The van der Waals surface area contributed by atoms with E-state index in [-0.39, 0.29) is 0 Å². The fraction of sp³-hybridized carbons (Fsp3) is 0.786. The number of hydrogen-bond donors (Lipinski definition) is 2. The van der Waals surface area contributed by atoms with Gasteiger partial charge in [0.15, 0.2) is 0 Å². The largest absolute Gasteiger partial charge is 0.478 e. The van der Waals surface area contributed by atoms with Crippen LogP contribution in [0, 0.1) is 5.92 Å². The van der Waals surface area contributed by atoms with Crippen molar-refractivity contribution in [2.24, 2.45) is 5.92 Å². The van der Waals surface area contributed by atoms with E-state index in [0.29, 0.717) is 24.5 Å². The van der Waals surface area contributed by atoms with Gasteiger partial charge in [-0.2, -0.15) is 0 Å². The number of hydrogen-bond acceptors (Lipinski definition) is 3. The van der Waals surface area contributed by atoms with Crippen molar-refractivity contribution in [3.8, 4) is 0 Å². The van der Waals surface area contributed by atoms with Crippen LogP contribution in [0.4, 0.5) is 0 Å². The summed E-state index contributed by atoms with van der Waals surface area (Å²) < 4.78 is 0. The van der Waals surface area contributed by atoms with Crippen molar-refractivity contribution < 1.29 is 9.90 Å². The normalized spacial score (nSPS) is 19.1. The third kappa shape index (κ3) is 5.65. The lowest BCUT2D eigenvalue weighted by Gasteiger charge is -2.20. The predicted octanol–water partition coefficient (Wildman–Crippen LogP) is 1.73. The Labute approximate surface area is 110 Å². The van der Waals surface area contributed by atoms with Crippen LogP contribution in [-0.2, 0) is 4.79 Å². The van der Waals surface area contributed by atoms with Gasteiger partial charge in [0.05, 0.1) is 0 Å². The molecule has 0 aromatic heterocycles. The topological polar surface area (TPSA) is 52.6 Å². The van der Waals surface area contributed by atoms with E-state index in [9.17, 15) is 4.79 Å². The van der Waals surface area contributed by atoms with Crippen LogP contribution in [0.5, 0.6) is 0 Å². The average Bonchev–Trinajstić information content (AvgIpc) is 2.81. The second kappa shape index (κ2) is 8.27. The molecule has 0 spiro atoms.